The first kappa shape index (κ1) is 19.5. The van der Waals surface area contributed by atoms with Gasteiger partial charge < -0.3 is 0 Å². The molecule has 1 heteroatoms. The van der Waals surface area contributed by atoms with Gasteiger partial charge in [0.1, 0.15) is 8.07 Å². The van der Waals surface area contributed by atoms with Crippen LogP contribution in [0.15, 0.2) is 12.7 Å². The number of rotatable bonds is 9. The molecular weight excluding hydrogens is 256 g/mol. The molecule has 0 saturated carbocycles. The van der Waals surface area contributed by atoms with E-state index in [1.165, 1.54) is 25.7 Å². The van der Waals surface area contributed by atoms with Gasteiger partial charge in [0, 0.05) is 6.42 Å². The molecule has 0 saturated heterocycles. The van der Waals surface area contributed by atoms with Crippen molar-refractivity contribution in [1.29, 1.82) is 0 Å². The van der Waals surface area contributed by atoms with Crippen molar-refractivity contribution in [3.05, 3.63) is 12.7 Å². The molecule has 0 spiro atoms. The maximum Gasteiger partial charge on any atom is 0.145 e. The summed E-state index contributed by atoms with van der Waals surface area (Å²) in [5.41, 5.74) is 6.06. The van der Waals surface area contributed by atoms with Gasteiger partial charge >= 0.3 is 0 Å². The second-order valence-electron chi connectivity index (χ2n) is 6.94. The smallest absolute Gasteiger partial charge is 0.130 e. The van der Waals surface area contributed by atoms with Crippen molar-refractivity contribution in [2.24, 2.45) is 0 Å². The quantitative estimate of drug-likeness (QED) is 0.191. The number of hydrogen-bond donors (Lipinski definition) is 0. The summed E-state index contributed by atoms with van der Waals surface area (Å²) in [4.78, 5) is 0. The van der Waals surface area contributed by atoms with Gasteiger partial charge in [0.2, 0.25) is 0 Å². The SMILES string of the molecule is C=CCCCCCCC#C[Si](C(C)C)(C(C)C)C(C)C. The van der Waals surface area contributed by atoms with E-state index in [2.05, 4.69) is 59.6 Å². The molecule has 0 aromatic heterocycles. The number of hydrogen-bond acceptors (Lipinski definition) is 0. The highest BCUT2D eigenvalue weighted by molar-refractivity contribution is 6.90. The van der Waals surface area contributed by atoms with Crippen LogP contribution in [0.2, 0.25) is 16.6 Å². The van der Waals surface area contributed by atoms with Crippen LogP contribution < -0.4 is 0 Å². The van der Waals surface area contributed by atoms with Crippen molar-refractivity contribution in [3.63, 3.8) is 0 Å². The van der Waals surface area contributed by atoms with Crippen LogP contribution in [0.4, 0.5) is 0 Å². The molecule has 0 aliphatic carbocycles. The topological polar surface area (TPSA) is 0 Å². The van der Waals surface area contributed by atoms with Crippen LogP contribution in [0.3, 0.4) is 0 Å². The monoisotopic (exact) mass is 292 g/mol. The fourth-order valence-corrected chi connectivity index (χ4v) is 8.80. The second kappa shape index (κ2) is 10.3. The Morgan fingerprint density at radius 2 is 1.35 bits per heavy atom. The first-order valence-corrected chi connectivity index (χ1v) is 10.7. The molecule has 0 amide bonds. The summed E-state index contributed by atoms with van der Waals surface area (Å²) in [6.07, 6.45) is 9.48. The van der Waals surface area contributed by atoms with E-state index in [4.69, 9.17) is 0 Å². The van der Waals surface area contributed by atoms with Crippen LogP contribution in [0, 0.1) is 11.5 Å². The lowest BCUT2D eigenvalue weighted by atomic mass is 10.1. The third-order valence-corrected chi connectivity index (χ3v) is 11.0. The van der Waals surface area contributed by atoms with E-state index in [9.17, 15) is 0 Å². The van der Waals surface area contributed by atoms with Gasteiger partial charge in [0.05, 0.1) is 0 Å². The molecule has 0 aromatic carbocycles. The van der Waals surface area contributed by atoms with Crippen molar-refractivity contribution in [2.75, 3.05) is 0 Å². The van der Waals surface area contributed by atoms with E-state index >= 15 is 0 Å². The van der Waals surface area contributed by atoms with Gasteiger partial charge in [-0.15, -0.1) is 18.0 Å². The predicted octanol–water partition coefficient (Wildman–Crippen LogP) is 6.73. The fourth-order valence-electron chi connectivity index (χ4n) is 3.50. The van der Waals surface area contributed by atoms with Gasteiger partial charge in [0.25, 0.3) is 0 Å². The molecule has 0 aromatic rings. The molecule has 0 heterocycles. The molecule has 0 bridgehead atoms. The summed E-state index contributed by atoms with van der Waals surface area (Å²) in [5, 5.41) is 0. The minimum absolute atomic E-state index is 0.752. The summed E-state index contributed by atoms with van der Waals surface area (Å²) < 4.78 is 0. The average Bonchev–Trinajstić information content (AvgIpc) is 2.35. The van der Waals surface area contributed by atoms with Crippen molar-refractivity contribution in [3.8, 4) is 11.5 Å². The first-order chi connectivity index (χ1) is 9.39. The lowest BCUT2D eigenvalue weighted by molar-refractivity contribution is 0.657. The van der Waals surface area contributed by atoms with Crippen LogP contribution in [0.25, 0.3) is 0 Å². The molecule has 0 rings (SSSR count). The maximum atomic E-state index is 3.81. The minimum atomic E-state index is -1.48. The van der Waals surface area contributed by atoms with Crippen molar-refractivity contribution < 1.29 is 0 Å². The third-order valence-electron chi connectivity index (χ3n) is 4.63. The molecule has 0 aliphatic rings. The Hall–Kier alpha value is -0.483. The molecular formula is C19H36Si. The summed E-state index contributed by atoms with van der Waals surface area (Å²) in [7, 11) is -1.48. The van der Waals surface area contributed by atoms with Crippen molar-refractivity contribution in [2.45, 2.75) is 96.7 Å². The summed E-state index contributed by atoms with van der Waals surface area (Å²) >= 11 is 0. The fraction of sp³-hybridized carbons (Fsp3) is 0.789. The highest BCUT2D eigenvalue weighted by atomic mass is 28.3. The summed E-state index contributed by atoms with van der Waals surface area (Å²) in [6.45, 7) is 18.1. The Balaban J connectivity index is 4.40. The zero-order chi connectivity index (χ0) is 15.6. The predicted molar refractivity (Wildman–Crippen MR) is 96.7 cm³/mol. The van der Waals surface area contributed by atoms with E-state index in [0.29, 0.717) is 0 Å². The number of unbranched alkanes of at least 4 members (excludes halogenated alkanes) is 5. The summed E-state index contributed by atoms with van der Waals surface area (Å²) in [6, 6.07) is 0. The van der Waals surface area contributed by atoms with Gasteiger partial charge in [0.15, 0.2) is 0 Å². The maximum absolute atomic E-state index is 3.81. The van der Waals surface area contributed by atoms with Crippen LogP contribution in [-0.4, -0.2) is 8.07 Å². The highest BCUT2D eigenvalue weighted by Gasteiger charge is 2.41. The average molecular weight is 293 g/mol. The molecule has 0 nitrogen and oxygen atoms in total. The Morgan fingerprint density at radius 3 is 1.80 bits per heavy atom. The Morgan fingerprint density at radius 1 is 0.850 bits per heavy atom. The zero-order valence-electron chi connectivity index (χ0n) is 14.8. The molecule has 0 fully saturated rings. The van der Waals surface area contributed by atoms with Crippen molar-refractivity contribution >= 4 is 8.07 Å². The Bertz CT molecular complexity index is 293. The molecule has 0 aliphatic heterocycles. The summed E-state index contributed by atoms with van der Waals surface area (Å²) in [5.74, 6) is 3.55. The van der Waals surface area contributed by atoms with Gasteiger partial charge in [-0.1, -0.05) is 60.5 Å². The Labute approximate surface area is 129 Å². The van der Waals surface area contributed by atoms with Gasteiger partial charge in [-0.25, -0.2) is 0 Å². The lowest BCUT2D eigenvalue weighted by Gasteiger charge is -2.38. The lowest BCUT2D eigenvalue weighted by Crippen LogP contribution is -2.43. The zero-order valence-corrected chi connectivity index (χ0v) is 15.8. The second-order valence-corrected chi connectivity index (χ2v) is 12.5. The van der Waals surface area contributed by atoms with Crippen LogP contribution in [0.5, 0.6) is 0 Å². The molecule has 116 valence electrons. The molecule has 0 N–H and O–H groups in total. The molecule has 20 heavy (non-hydrogen) atoms. The number of allylic oxidation sites excluding steroid dienone is 1. The standard InChI is InChI=1S/C19H36Si/c1-8-9-10-11-12-13-14-15-16-20(17(2)3,18(4)5)19(6)7/h8,17-19H,1,9-14H2,2-7H3. The van der Waals surface area contributed by atoms with Gasteiger partial charge in [-0.05, 0) is 35.9 Å². The van der Waals surface area contributed by atoms with E-state index in [0.717, 1.165) is 29.5 Å². The third kappa shape index (κ3) is 5.88. The molecule has 0 radical (unpaired) electrons. The van der Waals surface area contributed by atoms with Gasteiger partial charge in [-0.2, -0.15) is 0 Å². The van der Waals surface area contributed by atoms with E-state index < -0.39 is 8.07 Å². The van der Waals surface area contributed by atoms with Crippen LogP contribution in [-0.2, 0) is 0 Å². The van der Waals surface area contributed by atoms with E-state index in [1.54, 1.807) is 0 Å². The van der Waals surface area contributed by atoms with Crippen LogP contribution >= 0.6 is 0 Å². The minimum Gasteiger partial charge on any atom is -0.130 e. The Kier molecular flexibility index (Phi) is 10.0. The van der Waals surface area contributed by atoms with E-state index in [1.807, 2.05) is 6.08 Å². The first-order valence-electron chi connectivity index (χ1n) is 8.50. The normalized spacial score (nSPS) is 11.8. The molecule has 0 unspecified atom stereocenters. The van der Waals surface area contributed by atoms with Crippen molar-refractivity contribution in [1.82, 2.24) is 0 Å². The highest BCUT2D eigenvalue weighted by Crippen LogP contribution is 2.40. The largest absolute Gasteiger partial charge is 0.145 e. The van der Waals surface area contributed by atoms with Crippen LogP contribution in [0.1, 0.15) is 80.1 Å². The molecule has 0 atom stereocenters. The van der Waals surface area contributed by atoms with Gasteiger partial charge in [-0.3, -0.25) is 0 Å². The van der Waals surface area contributed by atoms with E-state index in [-0.39, 0.29) is 0 Å².